The summed E-state index contributed by atoms with van der Waals surface area (Å²) < 4.78 is 18.6. The third kappa shape index (κ3) is 4.92. The third-order valence-corrected chi connectivity index (χ3v) is 5.22. The lowest BCUT2D eigenvalue weighted by molar-refractivity contribution is -0.139. The summed E-state index contributed by atoms with van der Waals surface area (Å²) in [5.74, 6) is -1.41. The first-order valence-electron chi connectivity index (χ1n) is 9.63. The highest BCUT2D eigenvalue weighted by Gasteiger charge is 2.35. The van der Waals surface area contributed by atoms with Crippen LogP contribution in [0.25, 0.3) is 0 Å². The molecule has 1 fully saturated rings. The van der Waals surface area contributed by atoms with Crippen molar-refractivity contribution in [3.8, 4) is 0 Å². The zero-order valence-electron chi connectivity index (χ0n) is 16.2. The fourth-order valence-corrected chi connectivity index (χ4v) is 3.70. The van der Waals surface area contributed by atoms with E-state index in [2.05, 4.69) is 15.5 Å². The van der Waals surface area contributed by atoms with Crippen LogP contribution in [0.2, 0.25) is 0 Å². The first-order valence-corrected chi connectivity index (χ1v) is 9.63. The maximum Gasteiger partial charge on any atom is 0.338 e. The van der Waals surface area contributed by atoms with Crippen molar-refractivity contribution in [1.82, 2.24) is 15.5 Å². The SMILES string of the molecule is CCOC(=O)C1=C(CN2CCC(C(N)=O)CC2)NC(=O)N[C@H]1c1ccc(F)cc1. The monoisotopic (exact) mass is 404 g/mol. The number of urea groups is 1. The third-order valence-electron chi connectivity index (χ3n) is 5.22. The Bertz CT molecular complexity index is 816. The number of primary amides is 1. The lowest BCUT2D eigenvalue weighted by Gasteiger charge is -2.34. The first kappa shape index (κ1) is 20.8. The number of ether oxygens (including phenoxy) is 1. The number of esters is 1. The number of nitrogens with two attached hydrogens (primary N) is 1. The Hall–Kier alpha value is -2.94. The summed E-state index contributed by atoms with van der Waals surface area (Å²) >= 11 is 0. The zero-order chi connectivity index (χ0) is 21.0. The minimum absolute atomic E-state index is 0.153. The maximum absolute atomic E-state index is 13.3. The molecule has 2 aliphatic heterocycles. The predicted octanol–water partition coefficient (Wildman–Crippen LogP) is 1.19. The molecule has 8 nitrogen and oxygen atoms in total. The van der Waals surface area contributed by atoms with Crippen LogP contribution < -0.4 is 16.4 Å². The van der Waals surface area contributed by atoms with E-state index in [0.717, 1.165) is 0 Å². The Labute approximate surface area is 168 Å². The Morgan fingerprint density at radius 2 is 1.90 bits per heavy atom. The van der Waals surface area contributed by atoms with E-state index in [0.29, 0.717) is 43.7 Å². The Morgan fingerprint density at radius 3 is 2.48 bits per heavy atom. The lowest BCUT2D eigenvalue weighted by atomic mass is 9.93. The molecular formula is C20H25FN4O4. The van der Waals surface area contributed by atoms with Crippen LogP contribution in [0.4, 0.5) is 9.18 Å². The largest absolute Gasteiger partial charge is 0.463 e. The average Bonchev–Trinajstić information content (AvgIpc) is 2.68. The molecule has 0 spiro atoms. The minimum atomic E-state index is -0.749. The molecule has 3 rings (SSSR count). The molecule has 1 saturated heterocycles. The Morgan fingerprint density at radius 1 is 1.24 bits per heavy atom. The maximum atomic E-state index is 13.3. The van der Waals surface area contributed by atoms with Gasteiger partial charge in [-0.25, -0.2) is 14.0 Å². The van der Waals surface area contributed by atoms with Crippen molar-refractivity contribution in [1.29, 1.82) is 0 Å². The van der Waals surface area contributed by atoms with E-state index in [4.69, 9.17) is 10.5 Å². The zero-order valence-corrected chi connectivity index (χ0v) is 16.2. The van der Waals surface area contributed by atoms with Crippen LogP contribution in [0.15, 0.2) is 35.5 Å². The van der Waals surface area contributed by atoms with E-state index in [1.807, 2.05) is 0 Å². The number of halogens is 1. The highest BCUT2D eigenvalue weighted by atomic mass is 19.1. The predicted molar refractivity (Wildman–Crippen MR) is 103 cm³/mol. The fourth-order valence-electron chi connectivity index (χ4n) is 3.70. The van der Waals surface area contributed by atoms with Gasteiger partial charge in [0.2, 0.25) is 5.91 Å². The molecular weight excluding hydrogens is 379 g/mol. The quantitative estimate of drug-likeness (QED) is 0.617. The lowest BCUT2D eigenvalue weighted by Crippen LogP contribution is -2.49. The van der Waals surface area contributed by atoms with Gasteiger partial charge in [0, 0.05) is 18.2 Å². The first-order chi connectivity index (χ1) is 13.9. The summed E-state index contributed by atoms with van der Waals surface area (Å²) in [5.41, 5.74) is 6.69. The molecule has 1 atom stereocenters. The van der Waals surface area contributed by atoms with Gasteiger partial charge in [-0.2, -0.15) is 0 Å². The molecule has 9 heteroatoms. The second-order valence-electron chi connectivity index (χ2n) is 7.15. The summed E-state index contributed by atoms with van der Waals surface area (Å²) in [7, 11) is 0. The highest BCUT2D eigenvalue weighted by molar-refractivity contribution is 5.95. The smallest absolute Gasteiger partial charge is 0.338 e. The Balaban J connectivity index is 1.89. The second kappa shape index (κ2) is 9.04. The van der Waals surface area contributed by atoms with E-state index >= 15 is 0 Å². The van der Waals surface area contributed by atoms with Crippen molar-refractivity contribution in [2.75, 3.05) is 26.2 Å². The van der Waals surface area contributed by atoms with Crippen molar-refractivity contribution in [2.45, 2.75) is 25.8 Å². The second-order valence-corrected chi connectivity index (χ2v) is 7.15. The van der Waals surface area contributed by atoms with Gasteiger partial charge in [0.05, 0.1) is 18.2 Å². The number of likely N-dealkylation sites (tertiary alicyclic amines) is 1. The molecule has 3 amide bonds. The standard InChI is InChI=1S/C20H25FN4O4/c1-2-29-19(27)16-15(11-25-9-7-13(8-10-25)18(22)26)23-20(28)24-17(16)12-3-5-14(21)6-4-12/h3-6,13,17H,2,7-11H2,1H3,(H2,22,26)(H2,23,24,28)/t17-/m0/s1. The summed E-state index contributed by atoms with van der Waals surface area (Å²) in [5, 5.41) is 5.44. The number of rotatable bonds is 6. The van der Waals surface area contributed by atoms with E-state index < -0.39 is 23.9 Å². The summed E-state index contributed by atoms with van der Waals surface area (Å²) in [4.78, 5) is 38.4. The van der Waals surface area contributed by atoms with Gasteiger partial charge in [0.25, 0.3) is 0 Å². The summed E-state index contributed by atoms with van der Waals surface area (Å²) in [6.45, 7) is 3.46. The average molecular weight is 404 g/mol. The van der Waals surface area contributed by atoms with Crippen molar-refractivity contribution in [3.63, 3.8) is 0 Å². The van der Waals surface area contributed by atoms with Crippen LogP contribution in [0.1, 0.15) is 31.4 Å². The number of hydrogen-bond acceptors (Lipinski definition) is 5. The molecule has 0 aliphatic carbocycles. The molecule has 0 saturated carbocycles. The number of nitrogens with one attached hydrogen (secondary N) is 2. The van der Waals surface area contributed by atoms with Crippen molar-refractivity contribution in [2.24, 2.45) is 11.7 Å². The van der Waals surface area contributed by atoms with Crippen molar-refractivity contribution >= 4 is 17.9 Å². The van der Waals surface area contributed by atoms with Crippen LogP contribution in [-0.2, 0) is 14.3 Å². The number of carbonyl (C=O) groups excluding carboxylic acids is 3. The Kier molecular flexibility index (Phi) is 6.48. The normalized spacial score (nSPS) is 20.8. The number of nitrogens with zero attached hydrogens (tertiary/aromatic N) is 1. The molecule has 156 valence electrons. The minimum Gasteiger partial charge on any atom is -0.463 e. The molecule has 4 N–H and O–H groups in total. The molecule has 0 aromatic heterocycles. The molecule has 0 bridgehead atoms. The number of hydrogen-bond donors (Lipinski definition) is 3. The van der Waals surface area contributed by atoms with Gasteiger partial charge in [-0.3, -0.25) is 9.69 Å². The molecule has 2 heterocycles. The summed E-state index contributed by atoms with van der Waals surface area (Å²) in [6, 6.07) is 4.42. The molecule has 29 heavy (non-hydrogen) atoms. The highest BCUT2D eigenvalue weighted by Crippen LogP contribution is 2.29. The number of benzene rings is 1. The van der Waals surface area contributed by atoms with Gasteiger partial charge in [-0.15, -0.1) is 0 Å². The molecule has 0 unspecified atom stereocenters. The van der Waals surface area contributed by atoms with Crippen LogP contribution in [-0.4, -0.2) is 49.0 Å². The molecule has 1 aromatic rings. The van der Waals surface area contributed by atoms with E-state index in [-0.39, 0.29) is 24.0 Å². The molecule has 0 radical (unpaired) electrons. The molecule has 2 aliphatic rings. The van der Waals surface area contributed by atoms with E-state index in [9.17, 15) is 18.8 Å². The van der Waals surface area contributed by atoms with Crippen LogP contribution in [0, 0.1) is 11.7 Å². The van der Waals surface area contributed by atoms with Gasteiger partial charge in [0.1, 0.15) is 5.82 Å². The van der Waals surface area contributed by atoms with Gasteiger partial charge < -0.3 is 21.1 Å². The van der Waals surface area contributed by atoms with Gasteiger partial charge in [-0.05, 0) is 50.6 Å². The van der Waals surface area contributed by atoms with Crippen LogP contribution in [0.3, 0.4) is 0 Å². The topological polar surface area (TPSA) is 114 Å². The fraction of sp³-hybridized carbons (Fsp3) is 0.450. The summed E-state index contributed by atoms with van der Waals surface area (Å²) in [6.07, 6.45) is 1.26. The van der Waals surface area contributed by atoms with Crippen molar-refractivity contribution < 1.29 is 23.5 Å². The van der Waals surface area contributed by atoms with Gasteiger partial charge >= 0.3 is 12.0 Å². The van der Waals surface area contributed by atoms with Crippen LogP contribution >= 0.6 is 0 Å². The number of carbonyl (C=O) groups is 3. The van der Waals surface area contributed by atoms with Crippen LogP contribution in [0.5, 0.6) is 0 Å². The molecule has 1 aromatic carbocycles. The van der Waals surface area contributed by atoms with Gasteiger partial charge in [0.15, 0.2) is 0 Å². The van der Waals surface area contributed by atoms with Gasteiger partial charge in [-0.1, -0.05) is 12.1 Å². The van der Waals surface area contributed by atoms with Crippen molar-refractivity contribution in [3.05, 3.63) is 46.9 Å². The van der Waals surface area contributed by atoms with E-state index in [1.165, 1.54) is 24.3 Å². The van der Waals surface area contributed by atoms with E-state index in [1.54, 1.807) is 6.92 Å². The number of amides is 3. The number of piperidine rings is 1.